The van der Waals surface area contributed by atoms with Crippen LogP contribution in [0.15, 0.2) is 35.3 Å². The van der Waals surface area contributed by atoms with Crippen LogP contribution in [0.4, 0.5) is 0 Å². The molecule has 2 aromatic heterocycles. The van der Waals surface area contributed by atoms with Crippen LogP contribution in [0.3, 0.4) is 0 Å². The lowest BCUT2D eigenvalue weighted by Crippen LogP contribution is -2.31. The summed E-state index contributed by atoms with van der Waals surface area (Å²) in [6.45, 7) is 7.11. The number of nitrogens with zero attached hydrogens (tertiary/aromatic N) is 3. The standard InChI is InChI=1S/C15H20N4O/c1-4-19-15(20)12(10-17-11(2)3)9-14(18-19)13-7-5-6-8-16-13/h5-9,11,17H,4,10H2,1-3H3. The molecule has 0 spiro atoms. The van der Waals surface area contributed by atoms with Crippen LogP contribution in [0.25, 0.3) is 11.4 Å². The van der Waals surface area contributed by atoms with Gasteiger partial charge in [-0.3, -0.25) is 9.78 Å². The number of aryl methyl sites for hydroxylation is 1. The van der Waals surface area contributed by atoms with Gasteiger partial charge in [0.25, 0.3) is 5.56 Å². The van der Waals surface area contributed by atoms with Crippen molar-refractivity contribution < 1.29 is 0 Å². The average Bonchev–Trinajstić information content (AvgIpc) is 2.47. The van der Waals surface area contributed by atoms with E-state index in [-0.39, 0.29) is 5.56 Å². The van der Waals surface area contributed by atoms with Gasteiger partial charge in [0.15, 0.2) is 0 Å². The molecule has 2 rings (SSSR count). The molecule has 0 radical (unpaired) electrons. The fourth-order valence-electron chi connectivity index (χ4n) is 1.89. The van der Waals surface area contributed by atoms with E-state index in [1.54, 1.807) is 6.20 Å². The van der Waals surface area contributed by atoms with Gasteiger partial charge in [-0.05, 0) is 25.1 Å². The lowest BCUT2D eigenvalue weighted by molar-refractivity contribution is 0.564. The highest BCUT2D eigenvalue weighted by Crippen LogP contribution is 2.13. The molecular formula is C15H20N4O. The highest BCUT2D eigenvalue weighted by Gasteiger charge is 2.10. The summed E-state index contributed by atoms with van der Waals surface area (Å²) in [6, 6.07) is 7.83. The Morgan fingerprint density at radius 3 is 2.70 bits per heavy atom. The first-order valence-corrected chi connectivity index (χ1v) is 6.87. The predicted octanol–water partition coefficient (Wildman–Crippen LogP) is 1.82. The van der Waals surface area contributed by atoms with E-state index in [0.29, 0.717) is 19.1 Å². The monoisotopic (exact) mass is 272 g/mol. The number of aromatic nitrogens is 3. The van der Waals surface area contributed by atoms with Crippen LogP contribution in [0.1, 0.15) is 26.3 Å². The number of nitrogens with one attached hydrogen (secondary N) is 1. The summed E-state index contributed by atoms with van der Waals surface area (Å²) in [7, 11) is 0. The third kappa shape index (κ3) is 3.30. The lowest BCUT2D eigenvalue weighted by atomic mass is 10.2. The van der Waals surface area contributed by atoms with Gasteiger partial charge < -0.3 is 5.32 Å². The van der Waals surface area contributed by atoms with Gasteiger partial charge in [-0.1, -0.05) is 19.9 Å². The fourth-order valence-corrected chi connectivity index (χ4v) is 1.89. The summed E-state index contributed by atoms with van der Waals surface area (Å²) < 4.78 is 1.49. The molecule has 20 heavy (non-hydrogen) atoms. The first-order valence-electron chi connectivity index (χ1n) is 6.87. The molecular weight excluding hydrogens is 252 g/mol. The van der Waals surface area contributed by atoms with Crippen LogP contribution in [0, 0.1) is 0 Å². The first-order chi connectivity index (χ1) is 9.61. The number of rotatable bonds is 5. The van der Waals surface area contributed by atoms with Gasteiger partial charge in [0.1, 0.15) is 5.69 Å². The van der Waals surface area contributed by atoms with Crippen LogP contribution < -0.4 is 10.9 Å². The predicted molar refractivity (Wildman–Crippen MR) is 79.4 cm³/mol. The summed E-state index contributed by atoms with van der Waals surface area (Å²) in [4.78, 5) is 16.5. The molecule has 0 aromatic carbocycles. The van der Waals surface area contributed by atoms with Crippen molar-refractivity contribution in [2.24, 2.45) is 0 Å². The van der Waals surface area contributed by atoms with Crippen LogP contribution in [-0.2, 0) is 13.1 Å². The molecule has 5 nitrogen and oxygen atoms in total. The van der Waals surface area contributed by atoms with E-state index in [2.05, 4.69) is 29.2 Å². The molecule has 0 fully saturated rings. The second-order valence-electron chi connectivity index (χ2n) is 4.93. The van der Waals surface area contributed by atoms with E-state index in [9.17, 15) is 4.79 Å². The van der Waals surface area contributed by atoms with Crippen molar-refractivity contribution in [3.8, 4) is 11.4 Å². The molecule has 5 heteroatoms. The molecule has 0 unspecified atom stereocenters. The maximum Gasteiger partial charge on any atom is 0.271 e. The molecule has 0 saturated heterocycles. The Morgan fingerprint density at radius 2 is 2.10 bits per heavy atom. The molecule has 0 saturated carbocycles. The summed E-state index contributed by atoms with van der Waals surface area (Å²) >= 11 is 0. The minimum Gasteiger partial charge on any atom is -0.310 e. The SMILES string of the molecule is CCn1nc(-c2ccccn2)cc(CNC(C)C)c1=O. The number of hydrogen-bond acceptors (Lipinski definition) is 4. The summed E-state index contributed by atoms with van der Waals surface area (Å²) in [5.41, 5.74) is 2.18. The van der Waals surface area contributed by atoms with Crippen molar-refractivity contribution in [2.75, 3.05) is 0 Å². The van der Waals surface area contributed by atoms with Gasteiger partial charge in [0, 0.05) is 30.9 Å². The Kier molecular flexibility index (Phi) is 4.63. The number of hydrogen-bond donors (Lipinski definition) is 1. The second-order valence-corrected chi connectivity index (χ2v) is 4.93. The van der Waals surface area contributed by atoms with Crippen molar-refractivity contribution in [3.63, 3.8) is 0 Å². The second kappa shape index (κ2) is 6.43. The third-order valence-electron chi connectivity index (χ3n) is 2.98. The van der Waals surface area contributed by atoms with Crippen molar-refractivity contribution in [1.82, 2.24) is 20.1 Å². The summed E-state index contributed by atoms with van der Waals surface area (Å²) in [5.74, 6) is 0. The summed E-state index contributed by atoms with van der Waals surface area (Å²) in [5, 5.41) is 7.63. The van der Waals surface area contributed by atoms with Gasteiger partial charge >= 0.3 is 0 Å². The molecule has 2 aromatic rings. The normalized spacial score (nSPS) is 11.0. The zero-order valence-corrected chi connectivity index (χ0v) is 12.1. The molecule has 0 bridgehead atoms. The van der Waals surface area contributed by atoms with E-state index in [1.807, 2.05) is 31.2 Å². The van der Waals surface area contributed by atoms with Crippen LogP contribution in [-0.4, -0.2) is 20.8 Å². The Morgan fingerprint density at radius 1 is 1.30 bits per heavy atom. The van der Waals surface area contributed by atoms with Crippen molar-refractivity contribution >= 4 is 0 Å². The molecule has 0 aliphatic carbocycles. The highest BCUT2D eigenvalue weighted by molar-refractivity contribution is 5.53. The Hall–Kier alpha value is -2.01. The minimum atomic E-state index is -0.0414. The van der Waals surface area contributed by atoms with Gasteiger partial charge in [-0.15, -0.1) is 0 Å². The van der Waals surface area contributed by atoms with Gasteiger partial charge in [-0.2, -0.15) is 5.10 Å². The molecule has 0 atom stereocenters. The quantitative estimate of drug-likeness (QED) is 0.902. The minimum absolute atomic E-state index is 0.0414. The molecule has 2 heterocycles. The van der Waals surface area contributed by atoms with E-state index in [1.165, 1.54) is 4.68 Å². The zero-order valence-electron chi connectivity index (χ0n) is 12.1. The van der Waals surface area contributed by atoms with Crippen molar-refractivity contribution in [3.05, 3.63) is 46.4 Å². The van der Waals surface area contributed by atoms with Crippen LogP contribution in [0.5, 0.6) is 0 Å². The van der Waals surface area contributed by atoms with E-state index in [4.69, 9.17) is 0 Å². The number of pyridine rings is 1. The smallest absolute Gasteiger partial charge is 0.271 e. The zero-order chi connectivity index (χ0) is 14.5. The molecule has 0 amide bonds. The third-order valence-corrected chi connectivity index (χ3v) is 2.98. The Bertz CT molecular complexity index is 620. The lowest BCUT2D eigenvalue weighted by Gasteiger charge is -2.11. The largest absolute Gasteiger partial charge is 0.310 e. The van der Waals surface area contributed by atoms with Gasteiger partial charge in [-0.25, -0.2) is 4.68 Å². The molecule has 1 N–H and O–H groups in total. The van der Waals surface area contributed by atoms with Crippen molar-refractivity contribution in [1.29, 1.82) is 0 Å². The molecule has 106 valence electrons. The maximum atomic E-state index is 12.2. The molecule has 0 aliphatic heterocycles. The topological polar surface area (TPSA) is 59.8 Å². The molecule has 0 aliphatic rings. The highest BCUT2D eigenvalue weighted by atomic mass is 16.1. The van der Waals surface area contributed by atoms with E-state index in [0.717, 1.165) is 17.0 Å². The van der Waals surface area contributed by atoms with Gasteiger partial charge in [0.2, 0.25) is 0 Å². The van der Waals surface area contributed by atoms with Crippen LogP contribution in [0.2, 0.25) is 0 Å². The Labute approximate surface area is 118 Å². The Balaban J connectivity index is 2.44. The summed E-state index contributed by atoms with van der Waals surface area (Å²) in [6.07, 6.45) is 1.73. The van der Waals surface area contributed by atoms with Crippen molar-refractivity contribution in [2.45, 2.75) is 39.9 Å². The van der Waals surface area contributed by atoms with E-state index < -0.39 is 0 Å². The van der Waals surface area contributed by atoms with Gasteiger partial charge in [0.05, 0.1) is 5.69 Å². The van der Waals surface area contributed by atoms with Crippen LogP contribution >= 0.6 is 0 Å². The maximum absolute atomic E-state index is 12.2. The fraction of sp³-hybridized carbons (Fsp3) is 0.400. The first kappa shape index (κ1) is 14.4. The average molecular weight is 272 g/mol. The van der Waals surface area contributed by atoms with E-state index >= 15 is 0 Å².